The van der Waals surface area contributed by atoms with Crippen LogP contribution >= 0.6 is 0 Å². The molecule has 1 aromatic rings. The van der Waals surface area contributed by atoms with Crippen molar-refractivity contribution in [2.45, 2.75) is 50.9 Å². The highest BCUT2D eigenvalue weighted by atomic mass is 16.1. The first-order chi connectivity index (χ1) is 10.9. The minimum atomic E-state index is -0.371. The van der Waals surface area contributed by atoms with Gasteiger partial charge in [-0.25, -0.2) is 0 Å². The van der Waals surface area contributed by atoms with Gasteiger partial charge in [-0.1, -0.05) is 6.07 Å². The Bertz CT molecular complexity index is 582. The van der Waals surface area contributed by atoms with E-state index in [1.807, 2.05) is 18.2 Å². The van der Waals surface area contributed by atoms with Crippen molar-refractivity contribution in [3.05, 3.63) is 29.3 Å². The molecule has 23 heavy (non-hydrogen) atoms. The van der Waals surface area contributed by atoms with Crippen molar-refractivity contribution in [2.24, 2.45) is 5.73 Å². The van der Waals surface area contributed by atoms with E-state index in [4.69, 9.17) is 5.73 Å². The molecular formula is C18H28N4O. The van der Waals surface area contributed by atoms with Gasteiger partial charge in [-0.05, 0) is 58.0 Å². The van der Waals surface area contributed by atoms with Gasteiger partial charge >= 0.3 is 0 Å². The number of amides is 1. The molecule has 0 radical (unpaired) electrons. The third-order valence-electron chi connectivity index (χ3n) is 4.88. The largest absolute Gasteiger partial charge is 0.381 e. The molecule has 1 heterocycles. The molecule has 2 fully saturated rings. The summed E-state index contributed by atoms with van der Waals surface area (Å²) in [6.45, 7) is 4.25. The van der Waals surface area contributed by atoms with Gasteiger partial charge in [0.25, 0.3) is 0 Å². The van der Waals surface area contributed by atoms with Crippen molar-refractivity contribution < 1.29 is 4.79 Å². The number of rotatable bonds is 6. The Morgan fingerprint density at radius 1 is 1.39 bits per heavy atom. The lowest BCUT2D eigenvalue weighted by Gasteiger charge is -2.21. The average Bonchev–Trinajstić information content (AvgIpc) is 3.24. The molecule has 3 N–H and O–H groups in total. The number of carbonyl (C=O) groups is 1. The van der Waals surface area contributed by atoms with Crippen LogP contribution < -0.4 is 11.1 Å². The molecule has 1 saturated heterocycles. The van der Waals surface area contributed by atoms with E-state index in [0.717, 1.165) is 31.2 Å². The van der Waals surface area contributed by atoms with Gasteiger partial charge in [-0.3, -0.25) is 9.69 Å². The van der Waals surface area contributed by atoms with E-state index in [-0.39, 0.29) is 5.91 Å². The summed E-state index contributed by atoms with van der Waals surface area (Å²) in [5.41, 5.74) is 8.27. The Kier molecular flexibility index (Phi) is 4.60. The minimum absolute atomic E-state index is 0.371. The third kappa shape index (κ3) is 3.85. The first kappa shape index (κ1) is 16.3. The summed E-state index contributed by atoms with van der Waals surface area (Å²) in [6, 6.07) is 7.62. The number of hydrogen-bond acceptors (Lipinski definition) is 4. The van der Waals surface area contributed by atoms with Crippen LogP contribution in [-0.4, -0.2) is 54.5 Å². The smallest absolute Gasteiger partial charge is 0.248 e. The molecule has 2 unspecified atom stereocenters. The maximum Gasteiger partial charge on any atom is 0.248 e. The summed E-state index contributed by atoms with van der Waals surface area (Å²) in [5.74, 6) is -0.371. The number of nitrogens with one attached hydrogen (secondary N) is 1. The van der Waals surface area contributed by atoms with E-state index in [0.29, 0.717) is 17.6 Å². The zero-order valence-electron chi connectivity index (χ0n) is 14.4. The molecule has 3 rings (SSSR count). The molecule has 2 atom stereocenters. The van der Waals surface area contributed by atoms with Gasteiger partial charge < -0.3 is 16.0 Å². The van der Waals surface area contributed by atoms with Gasteiger partial charge in [-0.2, -0.15) is 0 Å². The molecular weight excluding hydrogens is 288 g/mol. The lowest BCUT2D eigenvalue weighted by molar-refractivity contribution is 0.100. The zero-order valence-corrected chi connectivity index (χ0v) is 14.4. The summed E-state index contributed by atoms with van der Waals surface area (Å²) in [6.07, 6.45) is 3.85. The normalized spacial score (nSPS) is 25.0. The molecule has 0 bridgehead atoms. The van der Waals surface area contributed by atoms with Crippen LogP contribution in [-0.2, 0) is 6.54 Å². The van der Waals surface area contributed by atoms with E-state index in [1.165, 1.54) is 18.4 Å². The van der Waals surface area contributed by atoms with Gasteiger partial charge in [0.15, 0.2) is 0 Å². The Morgan fingerprint density at radius 3 is 2.74 bits per heavy atom. The van der Waals surface area contributed by atoms with Crippen molar-refractivity contribution >= 4 is 11.6 Å². The summed E-state index contributed by atoms with van der Waals surface area (Å²) in [7, 11) is 4.11. The topological polar surface area (TPSA) is 61.6 Å². The maximum atomic E-state index is 11.5. The molecule has 5 nitrogen and oxygen atoms in total. The molecule has 1 aliphatic carbocycles. The molecule has 1 aliphatic heterocycles. The van der Waals surface area contributed by atoms with Crippen molar-refractivity contribution in [3.8, 4) is 0 Å². The van der Waals surface area contributed by atoms with Crippen molar-refractivity contribution in [2.75, 3.05) is 26.0 Å². The Hall–Kier alpha value is -1.59. The van der Waals surface area contributed by atoms with Crippen molar-refractivity contribution in [1.82, 2.24) is 9.80 Å². The Labute approximate surface area is 138 Å². The lowest BCUT2D eigenvalue weighted by Crippen LogP contribution is -2.31. The molecule has 5 heteroatoms. The standard InChI is InChI=1S/C18H28N4O/c1-12-8-15(11-22(12)16-6-7-16)20-17-9-13(18(19)23)4-5-14(17)10-21(2)3/h4-5,9,12,15-16,20H,6-8,10-11H2,1-3H3,(H2,19,23). The first-order valence-corrected chi connectivity index (χ1v) is 8.53. The van der Waals surface area contributed by atoms with Gasteiger partial charge in [-0.15, -0.1) is 0 Å². The number of hydrogen-bond donors (Lipinski definition) is 2. The van der Waals surface area contributed by atoms with E-state index in [1.54, 1.807) is 0 Å². The van der Waals surface area contributed by atoms with Crippen LogP contribution in [0.15, 0.2) is 18.2 Å². The van der Waals surface area contributed by atoms with Crippen LogP contribution in [0.4, 0.5) is 5.69 Å². The van der Waals surface area contributed by atoms with Crippen LogP contribution in [0.5, 0.6) is 0 Å². The van der Waals surface area contributed by atoms with Gasteiger partial charge in [0.05, 0.1) is 0 Å². The first-order valence-electron chi connectivity index (χ1n) is 8.53. The minimum Gasteiger partial charge on any atom is -0.381 e. The number of benzene rings is 1. The summed E-state index contributed by atoms with van der Waals surface area (Å²) >= 11 is 0. The van der Waals surface area contributed by atoms with Crippen molar-refractivity contribution in [3.63, 3.8) is 0 Å². The van der Waals surface area contributed by atoms with E-state index in [2.05, 4.69) is 36.1 Å². The fourth-order valence-electron chi connectivity index (χ4n) is 3.64. The number of nitrogens with two attached hydrogens (primary N) is 1. The highest BCUT2D eigenvalue weighted by Crippen LogP contribution is 2.34. The number of likely N-dealkylation sites (tertiary alicyclic amines) is 1. The van der Waals surface area contributed by atoms with E-state index < -0.39 is 0 Å². The number of carbonyl (C=O) groups excluding carboxylic acids is 1. The van der Waals surface area contributed by atoms with Crippen LogP contribution in [0.25, 0.3) is 0 Å². The molecule has 1 aromatic carbocycles. The third-order valence-corrected chi connectivity index (χ3v) is 4.88. The quantitative estimate of drug-likeness (QED) is 0.841. The summed E-state index contributed by atoms with van der Waals surface area (Å²) in [5, 5.41) is 3.68. The van der Waals surface area contributed by atoms with Crippen LogP contribution in [0, 0.1) is 0 Å². The second kappa shape index (κ2) is 6.49. The zero-order chi connectivity index (χ0) is 16.6. The molecule has 1 saturated carbocycles. The van der Waals surface area contributed by atoms with Gasteiger partial charge in [0, 0.05) is 42.5 Å². The number of nitrogens with zero attached hydrogens (tertiary/aromatic N) is 2. The highest BCUT2D eigenvalue weighted by Gasteiger charge is 2.38. The SMILES string of the molecule is CC1CC(Nc2cc(C(N)=O)ccc2CN(C)C)CN1C1CC1. The predicted octanol–water partition coefficient (Wildman–Crippen LogP) is 1.88. The summed E-state index contributed by atoms with van der Waals surface area (Å²) in [4.78, 5) is 16.3. The predicted molar refractivity (Wildman–Crippen MR) is 93.6 cm³/mol. The van der Waals surface area contributed by atoms with E-state index in [9.17, 15) is 4.79 Å². The van der Waals surface area contributed by atoms with E-state index >= 15 is 0 Å². The molecule has 1 amide bonds. The number of anilines is 1. The maximum absolute atomic E-state index is 11.5. The fraction of sp³-hybridized carbons (Fsp3) is 0.611. The summed E-state index contributed by atoms with van der Waals surface area (Å²) < 4.78 is 0. The monoisotopic (exact) mass is 316 g/mol. The van der Waals surface area contributed by atoms with Crippen LogP contribution in [0.3, 0.4) is 0 Å². The molecule has 0 spiro atoms. The van der Waals surface area contributed by atoms with Crippen molar-refractivity contribution in [1.29, 1.82) is 0 Å². The number of primary amides is 1. The Balaban J connectivity index is 1.76. The fourth-order valence-corrected chi connectivity index (χ4v) is 3.64. The second-order valence-corrected chi connectivity index (χ2v) is 7.33. The van der Waals surface area contributed by atoms with Crippen LogP contribution in [0.2, 0.25) is 0 Å². The second-order valence-electron chi connectivity index (χ2n) is 7.33. The molecule has 0 aromatic heterocycles. The lowest BCUT2D eigenvalue weighted by atomic mass is 10.1. The van der Waals surface area contributed by atoms with Gasteiger partial charge in [0.2, 0.25) is 5.91 Å². The Morgan fingerprint density at radius 2 is 2.13 bits per heavy atom. The highest BCUT2D eigenvalue weighted by molar-refractivity contribution is 5.94. The van der Waals surface area contributed by atoms with Gasteiger partial charge in [0.1, 0.15) is 0 Å². The molecule has 126 valence electrons. The van der Waals surface area contributed by atoms with Crippen LogP contribution in [0.1, 0.15) is 42.1 Å². The molecule has 2 aliphatic rings. The average molecular weight is 316 g/mol.